The van der Waals surface area contributed by atoms with Crippen LogP contribution in [0.5, 0.6) is 0 Å². The summed E-state index contributed by atoms with van der Waals surface area (Å²) in [6, 6.07) is 3.86. The summed E-state index contributed by atoms with van der Waals surface area (Å²) in [5.74, 6) is 0. The lowest BCUT2D eigenvalue weighted by Crippen LogP contribution is -2.30. The zero-order chi connectivity index (χ0) is 14.2. The van der Waals surface area contributed by atoms with Crippen molar-refractivity contribution in [2.24, 2.45) is 5.73 Å². The molecule has 0 amide bonds. The van der Waals surface area contributed by atoms with Gasteiger partial charge in [-0.3, -0.25) is 4.68 Å². The van der Waals surface area contributed by atoms with Gasteiger partial charge in [-0.2, -0.15) is 18.3 Å². The molecular weight excluding hydrogens is 343 g/mol. The van der Waals surface area contributed by atoms with Crippen LogP contribution in [0, 0.1) is 0 Å². The van der Waals surface area contributed by atoms with Crippen molar-refractivity contribution in [2.45, 2.75) is 25.2 Å². The van der Waals surface area contributed by atoms with Crippen molar-refractivity contribution >= 4 is 27.3 Å². The Labute approximate surface area is 120 Å². The first-order chi connectivity index (χ1) is 8.79. The Morgan fingerprint density at radius 1 is 1.37 bits per heavy atom. The van der Waals surface area contributed by atoms with Gasteiger partial charge in [-0.15, -0.1) is 11.3 Å². The molecular formula is C11H11BrF3N3S. The molecule has 104 valence electrons. The van der Waals surface area contributed by atoms with Gasteiger partial charge >= 0.3 is 6.18 Å². The summed E-state index contributed by atoms with van der Waals surface area (Å²) in [6.45, 7) is 1.74. The summed E-state index contributed by atoms with van der Waals surface area (Å²) < 4.78 is 39.8. The Kier molecular flexibility index (Phi) is 4.03. The number of hydrogen-bond acceptors (Lipinski definition) is 3. The van der Waals surface area contributed by atoms with Gasteiger partial charge in [0.25, 0.3) is 0 Å². The van der Waals surface area contributed by atoms with Crippen molar-refractivity contribution in [3.63, 3.8) is 0 Å². The van der Waals surface area contributed by atoms with Crippen LogP contribution < -0.4 is 5.73 Å². The Hall–Kier alpha value is -0.860. The molecule has 0 aliphatic heterocycles. The smallest absolute Gasteiger partial charge is 0.326 e. The number of hydrogen-bond donors (Lipinski definition) is 1. The highest BCUT2D eigenvalue weighted by Crippen LogP contribution is 2.33. The SMILES string of the molecule is CC(N)C(c1ccc(Br)s1)n1ccc(C(F)(F)F)n1. The maximum Gasteiger partial charge on any atom is 0.435 e. The van der Waals surface area contributed by atoms with Crippen LogP contribution >= 0.6 is 27.3 Å². The van der Waals surface area contributed by atoms with Crippen LogP contribution in [0.3, 0.4) is 0 Å². The van der Waals surface area contributed by atoms with E-state index in [0.717, 1.165) is 14.7 Å². The summed E-state index contributed by atoms with van der Waals surface area (Å²) in [5.41, 5.74) is 4.97. The fourth-order valence-corrected chi connectivity index (χ4v) is 3.40. The van der Waals surface area contributed by atoms with Gasteiger partial charge in [-0.25, -0.2) is 0 Å². The zero-order valence-electron chi connectivity index (χ0n) is 9.86. The Morgan fingerprint density at radius 3 is 2.47 bits per heavy atom. The zero-order valence-corrected chi connectivity index (χ0v) is 12.3. The first kappa shape index (κ1) is 14.5. The average molecular weight is 354 g/mol. The molecule has 0 saturated heterocycles. The Balaban J connectivity index is 2.38. The van der Waals surface area contributed by atoms with Crippen LogP contribution in [-0.4, -0.2) is 15.8 Å². The molecule has 0 bridgehead atoms. The lowest BCUT2D eigenvalue weighted by molar-refractivity contribution is -0.141. The minimum atomic E-state index is -4.44. The van der Waals surface area contributed by atoms with Crippen molar-refractivity contribution in [3.05, 3.63) is 38.8 Å². The van der Waals surface area contributed by atoms with Gasteiger partial charge in [0.1, 0.15) is 6.04 Å². The van der Waals surface area contributed by atoms with E-state index in [1.807, 2.05) is 12.1 Å². The highest BCUT2D eigenvalue weighted by molar-refractivity contribution is 9.11. The van der Waals surface area contributed by atoms with Crippen LogP contribution in [0.25, 0.3) is 0 Å². The summed E-state index contributed by atoms with van der Waals surface area (Å²) in [5, 5.41) is 3.59. The van der Waals surface area contributed by atoms with E-state index < -0.39 is 17.9 Å². The number of halogens is 4. The van der Waals surface area contributed by atoms with Gasteiger partial charge < -0.3 is 5.73 Å². The van der Waals surface area contributed by atoms with Crippen molar-refractivity contribution in [3.8, 4) is 0 Å². The topological polar surface area (TPSA) is 43.8 Å². The number of alkyl halides is 3. The molecule has 2 unspecified atom stereocenters. The average Bonchev–Trinajstić information content (AvgIpc) is 2.87. The first-order valence-corrected chi connectivity index (χ1v) is 7.03. The number of rotatable bonds is 3. The number of thiophene rings is 1. The van der Waals surface area contributed by atoms with E-state index in [-0.39, 0.29) is 6.04 Å². The molecule has 2 rings (SSSR count). The molecule has 0 spiro atoms. The van der Waals surface area contributed by atoms with E-state index in [2.05, 4.69) is 21.0 Å². The van der Waals surface area contributed by atoms with Crippen LogP contribution in [0.1, 0.15) is 23.5 Å². The molecule has 2 heterocycles. The molecule has 19 heavy (non-hydrogen) atoms. The largest absolute Gasteiger partial charge is 0.435 e. The van der Waals surface area contributed by atoms with E-state index in [4.69, 9.17) is 5.73 Å². The fraction of sp³-hybridized carbons (Fsp3) is 0.364. The van der Waals surface area contributed by atoms with Crippen LogP contribution in [0.2, 0.25) is 0 Å². The predicted octanol–water partition coefficient (Wildman–Crippen LogP) is 3.66. The van der Waals surface area contributed by atoms with E-state index in [9.17, 15) is 13.2 Å². The molecule has 0 fully saturated rings. The van der Waals surface area contributed by atoms with Gasteiger partial charge in [0, 0.05) is 17.1 Å². The molecule has 0 aromatic carbocycles. The molecule has 0 aliphatic carbocycles. The summed E-state index contributed by atoms with van der Waals surface area (Å²) >= 11 is 4.76. The molecule has 0 radical (unpaired) electrons. The quantitative estimate of drug-likeness (QED) is 0.914. The van der Waals surface area contributed by atoms with Gasteiger partial charge in [-0.05, 0) is 41.1 Å². The minimum absolute atomic E-state index is 0.355. The van der Waals surface area contributed by atoms with Crippen molar-refractivity contribution in [1.29, 1.82) is 0 Å². The van der Waals surface area contributed by atoms with Crippen LogP contribution in [0.15, 0.2) is 28.2 Å². The third-order valence-corrected chi connectivity index (χ3v) is 4.26. The second kappa shape index (κ2) is 5.26. The highest BCUT2D eigenvalue weighted by atomic mass is 79.9. The maximum atomic E-state index is 12.6. The normalized spacial score (nSPS) is 15.5. The summed E-state index contributed by atoms with van der Waals surface area (Å²) in [7, 11) is 0. The molecule has 3 nitrogen and oxygen atoms in total. The number of nitrogens with zero attached hydrogens (tertiary/aromatic N) is 2. The molecule has 2 atom stereocenters. The predicted molar refractivity (Wildman–Crippen MR) is 71.0 cm³/mol. The molecule has 0 aliphatic rings. The third kappa shape index (κ3) is 3.18. The van der Waals surface area contributed by atoms with Crippen LogP contribution in [-0.2, 0) is 6.18 Å². The summed E-state index contributed by atoms with van der Waals surface area (Å²) in [4.78, 5) is 0.860. The standard InChI is InChI=1S/C11H11BrF3N3S/c1-6(16)10(7-2-3-9(12)19-7)18-5-4-8(17-18)11(13,14)15/h2-6,10H,16H2,1H3. The maximum absolute atomic E-state index is 12.6. The lowest BCUT2D eigenvalue weighted by Gasteiger charge is -2.20. The number of aromatic nitrogens is 2. The van der Waals surface area contributed by atoms with E-state index >= 15 is 0 Å². The van der Waals surface area contributed by atoms with Gasteiger partial charge in [0.15, 0.2) is 5.69 Å². The fourth-order valence-electron chi connectivity index (χ4n) is 1.76. The van der Waals surface area contributed by atoms with Gasteiger partial charge in [0.2, 0.25) is 0 Å². The van der Waals surface area contributed by atoms with E-state index in [0.29, 0.717) is 0 Å². The van der Waals surface area contributed by atoms with Crippen molar-refractivity contribution in [2.75, 3.05) is 0 Å². The first-order valence-electron chi connectivity index (χ1n) is 5.42. The molecule has 2 aromatic heterocycles. The van der Waals surface area contributed by atoms with E-state index in [1.54, 1.807) is 6.92 Å². The molecule has 2 N–H and O–H groups in total. The highest BCUT2D eigenvalue weighted by Gasteiger charge is 2.34. The van der Waals surface area contributed by atoms with Crippen molar-refractivity contribution < 1.29 is 13.2 Å². The molecule has 8 heteroatoms. The monoisotopic (exact) mass is 353 g/mol. The molecule has 2 aromatic rings. The minimum Gasteiger partial charge on any atom is -0.326 e. The third-order valence-electron chi connectivity index (χ3n) is 2.57. The second-order valence-electron chi connectivity index (χ2n) is 4.12. The second-order valence-corrected chi connectivity index (χ2v) is 6.62. The van der Waals surface area contributed by atoms with Gasteiger partial charge in [-0.1, -0.05) is 0 Å². The van der Waals surface area contributed by atoms with Crippen LogP contribution in [0.4, 0.5) is 13.2 Å². The van der Waals surface area contributed by atoms with Gasteiger partial charge in [0.05, 0.1) is 3.79 Å². The summed E-state index contributed by atoms with van der Waals surface area (Å²) in [6.07, 6.45) is -3.13. The lowest BCUT2D eigenvalue weighted by atomic mass is 10.1. The van der Waals surface area contributed by atoms with E-state index in [1.165, 1.54) is 22.2 Å². The van der Waals surface area contributed by atoms with Crippen molar-refractivity contribution in [1.82, 2.24) is 9.78 Å². The Morgan fingerprint density at radius 2 is 2.05 bits per heavy atom. The molecule has 0 saturated carbocycles. The number of nitrogens with two attached hydrogens (primary N) is 1. The Bertz CT molecular complexity index is 562.